The number of methoxy groups -OCH3 is 2. The number of nitrogens with zero attached hydrogens (tertiary/aromatic N) is 1. The summed E-state index contributed by atoms with van der Waals surface area (Å²) in [5, 5.41) is 3.39. The van der Waals surface area contributed by atoms with E-state index in [4.69, 9.17) is 26.4 Å². The third-order valence-corrected chi connectivity index (χ3v) is 4.44. The summed E-state index contributed by atoms with van der Waals surface area (Å²) in [4.78, 5) is 14.2. The fourth-order valence-corrected chi connectivity index (χ4v) is 3.09. The largest absolute Gasteiger partial charge is 0.497 e. The van der Waals surface area contributed by atoms with Gasteiger partial charge in [-0.15, -0.1) is 0 Å². The van der Waals surface area contributed by atoms with Crippen molar-refractivity contribution >= 4 is 29.3 Å². The smallest absolute Gasteiger partial charge is 0.276 e. The van der Waals surface area contributed by atoms with Gasteiger partial charge in [-0.05, 0) is 43.3 Å². The zero-order valence-electron chi connectivity index (χ0n) is 13.7. The summed E-state index contributed by atoms with van der Waals surface area (Å²) in [7, 11) is 3.17. The molecule has 2 aliphatic heterocycles. The van der Waals surface area contributed by atoms with E-state index in [9.17, 15) is 4.79 Å². The molecule has 1 atom stereocenters. The summed E-state index contributed by atoms with van der Waals surface area (Å²) < 4.78 is 16.1. The SMILES string of the molecule is COc1ccc(C=C2NC(=S)N(CC3CCCO3)C2=O)c(OC)c1. The Bertz CT molecular complexity index is 683. The molecular formula is C17H20N2O4S. The number of carbonyl (C=O) groups excluding carboxylic acids is 1. The number of amides is 1. The summed E-state index contributed by atoms with van der Waals surface area (Å²) in [5.74, 6) is 1.17. The Morgan fingerprint density at radius 3 is 2.92 bits per heavy atom. The van der Waals surface area contributed by atoms with Crippen molar-refractivity contribution in [1.82, 2.24) is 10.2 Å². The average molecular weight is 348 g/mol. The predicted octanol–water partition coefficient (Wildman–Crippen LogP) is 1.94. The van der Waals surface area contributed by atoms with E-state index < -0.39 is 0 Å². The number of hydrogen-bond acceptors (Lipinski definition) is 5. The first-order chi connectivity index (χ1) is 11.6. The second-order valence-electron chi connectivity index (χ2n) is 5.65. The average Bonchev–Trinajstić information content (AvgIpc) is 3.19. The molecule has 1 amide bonds. The normalized spacial score (nSPS) is 22.2. The Labute approximate surface area is 146 Å². The minimum atomic E-state index is -0.145. The first kappa shape index (κ1) is 16.7. The van der Waals surface area contributed by atoms with E-state index in [1.165, 1.54) is 0 Å². The standard InChI is InChI=1S/C17H20N2O4S/c1-21-12-6-5-11(15(9-12)22-2)8-14-16(20)19(17(24)18-14)10-13-4-3-7-23-13/h5-6,8-9,13H,3-4,7,10H2,1-2H3,(H,18,24). The van der Waals surface area contributed by atoms with Crippen LogP contribution in [0.15, 0.2) is 23.9 Å². The Kier molecular flexibility index (Phi) is 5.01. The van der Waals surface area contributed by atoms with Gasteiger partial charge in [0.25, 0.3) is 5.91 Å². The van der Waals surface area contributed by atoms with Crippen LogP contribution in [0.5, 0.6) is 11.5 Å². The number of rotatable bonds is 5. The lowest BCUT2D eigenvalue weighted by Crippen LogP contribution is -2.37. The third-order valence-electron chi connectivity index (χ3n) is 4.11. The molecule has 0 aromatic heterocycles. The highest BCUT2D eigenvalue weighted by molar-refractivity contribution is 7.80. The minimum Gasteiger partial charge on any atom is -0.497 e. The fraction of sp³-hybridized carbons (Fsp3) is 0.412. The van der Waals surface area contributed by atoms with Crippen LogP contribution in [0.4, 0.5) is 0 Å². The van der Waals surface area contributed by atoms with Crippen molar-refractivity contribution in [2.45, 2.75) is 18.9 Å². The number of nitrogens with one attached hydrogen (secondary N) is 1. The van der Waals surface area contributed by atoms with Gasteiger partial charge in [0.05, 0.1) is 26.9 Å². The predicted molar refractivity (Wildman–Crippen MR) is 93.9 cm³/mol. The summed E-state index contributed by atoms with van der Waals surface area (Å²) in [5.41, 5.74) is 1.21. The number of thiocarbonyl (C=S) groups is 1. The molecule has 24 heavy (non-hydrogen) atoms. The second kappa shape index (κ2) is 7.19. The molecule has 1 N–H and O–H groups in total. The molecule has 1 aromatic rings. The van der Waals surface area contributed by atoms with Gasteiger partial charge in [0.15, 0.2) is 5.11 Å². The molecule has 2 heterocycles. The summed E-state index contributed by atoms with van der Waals surface area (Å²) >= 11 is 5.29. The molecule has 7 heteroatoms. The van der Waals surface area contributed by atoms with Gasteiger partial charge in [0.2, 0.25) is 0 Å². The maximum atomic E-state index is 12.6. The summed E-state index contributed by atoms with van der Waals surface area (Å²) in [6, 6.07) is 5.43. The quantitative estimate of drug-likeness (QED) is 0.648. The van der Waals surface area contributed by atoms with Crippen LogP contribution in [0.2, 0.25) is 0 Å². The van der Waals surface area contributed by atoms with E-state index in [1.54, 1.807) is 31.3 Å². The van der Waals surface area contributed by atoms with Gasteiger partial charge in [0, 0.05) is 18.2 Å². The van der Waals surface area contributed by atoms with Crippen LogP contribution in [0, 0.1) is 0 Å². The first-order valence-electron chi connectivity index (χ1n) is 7.80. The van der Waals surface area contributed by atoms with Crippen molar-refractivity contribution in [2.75, 3.05) is 27.4 Å². The molecule has 2 aliphatic rings. The molecule has 0 aliphatic carbocycles. The number of ether oxygens (including phenoxy) is 3. The van der Waals surface area contributed by atoms with Crippen molar-refractivity contribution < 1.29 is 19.0 Å². The van der Waals surface area contributed by atoms with E-state index in [-0.39, 0.29) is 12.0 Å². The monoisotopic (exact) mass is 348 g/mol. The molecule has 1 aromatic carbocycles. The Morgan fingerprint density at radius 2 is 2.25 bits per heavy atom. The van der Waals surface area contributed by atoms with Crippen molar-refractivity contribution in [3.63, 3.8) is 0 Å². The van der Waals surface area contributed by atoms with Gasteiger partial charge in [-0.25, -0.2) is 0 Å². The molecule has 0 radical (unpaired) electrons. The Morgan fingerprint density at radius 1 is 1.42 bits per heavy atom. The third kappa shape index (κ3) is 3.37. The van der Waals surface area contributed by atoms with Crippen LogP contribution in [0.1, 0.15) is 18.4 Å². The van der Waals surface area contributed by atoms with Crippen LogP contribution in [0.25, 0.3) is 6.08 Å². The Balaban J connectivity index is 1.80. The van der Waals surface area contributed by atoms with E-state index in [0.29, 0.717) is 28.9 Å². The van der Waals surface area contributed by atoms with Gasteiger partial charge in [0.1, 0.15) is 17.2 Å². The molecule has 0 spiro atoms. The summed E-state index contributed by atoms with van der Waals surface area (Å²) in [6.45, 7) is 1.24. The molecule has 6 nitrogen and oxygen atoms in total. The lowest BCUT2D eigenvalue weighted by molar-refractivity contribution is -0.123. The minimum absolute atomic E-state index is 0.0589. The number of hydrogen-bond donors (Lipinski definition) is 1. The topological polar surface area (TPSA) is 60.0 Å². The molecule has 0 saturated carbocycles. The van der Waals surface area contributed by atoms with Gasteiger partial charge in [-0.2, -0.15) is 0 Å². The molecule has 3 rings (SSSR count). The molecule has 0 bridgehead atoms. The molecule has 2 saturated heterocycles. The fourth-order valence-electron chi connectivity index (χ4n) is 2.82. The maximum Gasteiger partial charge on any atom is 0.276 e. The van der Waals surface area contributed by atoms with Crippen molar-refractivity contribution in [2.24, 2.45) is 0 Å². The maximum absolute atomic E-state index is 12.6. The second-order valence-corrected chi connectivity index (χ2v) is 6.03. The van der Waals surface area contributed by atoms with Crippen LogP contribution in [-0.2, 0) is 9.53 Å². The zero-order valence-corrected chi connectivity index (χ0v) is 14.5. The van der Waals surface area contributed by atoms with Gasteiger partial charge < -0.3 is 19.5 Å². The van der Waals surface area contributed by atoms with Gasteiger partial charge in [-0.3, -0.25) is 9.69 Å². The van der Waals surface area contributed by atoms with Crippen LogP contribution in [-0.4, -0.2) is 49.4 Å². The first-order valence-corrected chi connectivity index (χ1v) is 8.21. The van der Waals surface area contributed by atoms with E-state index in [2.05, 4.69) is 5.32 Å². The zero-order chi connectivity index (χ0) is 17.1. The lowest BCUT2D eigenvalue weighted by Gasteiger charge is -2.18. The highest BCUT2D eigenvalue weighted by atomic mass is 32.1. The molecular weight excluding hydrogens is 328 g/mol. The van der Waals surface area contributed by atoms with Crippen LogP contribution >= 0.6 is 12.2 Å². The highest BCUT2D eigenvalue weighted by Crippen LogP contribution is 2.27. The molecule has 128 valence electrons. The van der Waals surface area contributed by atoms with Crippen molar-refractivity contribution in [3.8, 4) is 11.5 Å². The summed E-state index contributed by atoms with van der Waals surface area (Å²) in [6.07, 6.45) is 3.78. The molecule has 1 unspecified atom stereocenters. The molecule has 2 fully saturated rings. The lowest BCUT2D eigenvalue weighted by atomic mass is 10.1. The van der Waals surface area contributed by atoms with E-state index in [0.717, 1.165) is 25.0 Å². The number of benzene rings is 1. The van der Waals surface area contributed by atoms with Crippen LogP contribution in [0.3, 0.4) is 0 Å². The number of carbonyl (C=O) groups is 1. The van der Waals surface area contributed by atoms with Gasteiger partial charge in [-0.1, -0.05) is 0 Å². The van der Waals surface area contributed by atoms with E-state index in [1.807, 2.05) is 12.1 Å². The van der Waals surface area contributed by atoms with Crippen molar-refractivity contribution in [1.29, 1.82) is 0 Å². The highest BCUT2D eigenvalue weighted by Gasteiger charge is 2.33. The van der Waals surface area contributed by atoms with Gasteiger partial charge >= 0.3 is 0 Å². The van der Waals surface area contributed by atoms with E-state index >= 15 is 0 Å². The van der Waals surface area contributed by atoms with Crippen molar-refractivity contribution in [3.05, 3.63) is 29.5 Å². The Hall–Kier alpha value is -2.12. The van der Waals surface area contributed by atoms with Crippen LogP contribution < -0.4 is 14.8 Å².